The molecular formula is C2ArF4O2. The van der Waals surface area contributed by atoms with E-state index in [0.29, 0.717) is 0 Å². The minimum Gasteiger partial charge on any atom is -0.186 e. The maximum atomic E-state index is 9.69. The quantitative estimate of drug-likeness (QED) is 0.508. The third-order valence-corrected chi connectivity index (χ3v) is 0. The van der Waals surface area contributed by atoms with E-state index in [2.05, 4.69) is 0 Å². The van der Waals surface area contributed by atoms with E-state index in [0.717, 1.165) is 0 Å². The van der Waals surface area contributed by atoms with Crippen molar-refractivity contribution in [2.24, 2.45) is 0 Å². The molecule has 0 N–H and O–H groups in total. The second kappa shape index (κ2) is 8.36. The van der Waals surface area contributed by atoms with Crippen molar-refractivity contribution in [2.75, 3.05) is 0 Å². The van der Waals surface area contributed by atoms with E-state index < -0.39 is 6.43 Å². The standard InChI is InChI=1S/CF4.CO2.Ar/c2-1(3,4)5;2-1-3;. The van der Waals surface area contributed by atoms with Gasteiger partial charge in [-0.1, -0.05) is 0 Å². The molecule has 0 aliphatic heterocycles. The zero-order valence-corrected chi connectivity index (χ0v) is 4.39. The summed E-state index contributed by atoms with van der Waals surface area (Å²) in [4.78, 5) is 16.2. The van der Waals surface area contributed by atoms with Gasteiger partial charge in [-0.3, -0.25) is 0 Å². The van der Waals surface area contributed by atoms with Crippen LogP contribution in [-0.2, 0) is 9.59 Å². The molecule has 0 radical (unpaired) electrons. The Labute approximate surface area is 77.2 Å². The molecule has 0 spiro atoms. The molecule has 0 aromatic heterocycles. The topological polar surface area (TPSA) is 34.1 Å². The molecule has 0 atom stereocenters. The fourth-order valence-corrected chi connectivity index (χ4v) is 0. The summed E-state index contributed by atoms with van der Waals surface area (Å²) in [5, 5.41) is 0. The van der Waals surface area contributed by atoms with Crippen molar-refractivity contribution < 1.29 is 64.9 Å². The third kappa shape index (κ3) is 2610. The summed E-state index contributed by atoms with van der Waals surface area (Å²) in [7, 11) is 0. The molecule has 0 unspecified atom stereocenters. The van der Waals surface area contributed by atoms with Crippen molar-refractivity contribution in [2.45, 2.75) is 6.43 Å². The summed E-state index contributed by atoms with van der Waals surface area (Å²) in [6, 6.07) is 0. The molecule has 0 fully saturated rings. The van der Waals surface area contributed by atoms with Crippen molar-refractivity contribution >= 4 is 6.15 Å². The molecule has 9 heavy (non-hydrogen) atoms. The molecule has 0 aliphatic carbocycles. The van der Waals surface area contributed by atoms with Crippen LogP contribution in [0, 0.1) is 37.7 Å². The van der Waals surface area contributed by atoms with E-state index >= 15 is 0 Å². The van der Waals surface area contributed by atoms with Gasteiger partial charge in [0.1, 0.15) is 0 Å². The van der Waals surface area contributed by atoms with Crippen LogP contribution >= 0.6 is 0 Å². The van der Waals surface area contributed by atoms with Crippen LogP contribution in [-0.4, -0.2) is 12.6 Å². The molecule has 0 saturated carbocycles. The first-order chi connectivity index (χ1) is 3.41. The van der Waals surface area contributed by atoms with Crippen LogP contribution in [0.25, 0.3) is 0 Å². The van der Waals surface area contributed by atoms with Crippen molar-refractivity contribution in [3.8, 4) is 0 Å². The van der Waals surface area contributed by atoms with E-state index in [1.54, 1.807) is 0 Å². The molecule has 0 rings (SSSR count). The van der Waals surface area contributed by atoms with E-state index in [4.69, 9.17) is 9.59 Å². The Kier molecular flexibility index (Phi) is 15.0. The molecule has 0 aliphatic rings. The van der Waals surface area contributed by atoms with Crippen molar-refractivity contribution in [3.05, 3.63) is 0 Å². The molecule has 2 nitrogen and oxygen atoms in total. The van der Waals surface area contributed by atoms with Crippen LogP contribution in [0.5, 0.6) is 0 Å². The van der Waals surface area contributed by atoms with Crippen LogP contribution < -0.4 is 0 Å². The molecule has 0 saturated heterocycles. The van der Waals surface area contributed by atoms with Gasteiger partial charge >= 0.3 is 12.6 Å². The van der Waals surface area contributed by atoms with Crippen molar-refractivity contribution in [1.29, 1.82) is 0 Å². The zero-order chi connectivity index (χ0) is 7.21. The van der Waals surface area contributed by atoms with E-state index in [1.165, 1.54) is 0 Å². The Hall–Kier alpha value is 0.360. The number of alkyl halides is 4. The minimum atomic E-state index is -5.50. The van der Waals surface area contributed by atoms with Crippen LogP contribution in [0.2, 0.25) is 0 Å². The first kappa shape index (κ1) is 16.2. The largest absolute Gasteiger partial charge is 0.559 e. The molecule has 0 heterocycles. The summed E-state index contributed by atoms with van der Waals surface area (Å²) < 4.78 is 38.8. The first-order valence-electron chi connectivity index (χ1n) is 1.16. The fraction of sp³-hybridized carbons (Fsp3) is 0.500. The Balaban J connectivity index is -0.0000000800. The van der Waals surface area contributed by atoms with Gasteiger partial charge in [0.25, 0.3) is 0 Å². The Morgan fingerprint density at radius 1 is 1.00 bits per heavy atom. The van der Waals surface area contributed by atoms with Gasteiger partial charge in [-0.05, 0) is 0 Å². The molecule has 0 bridgehead atoms. The molecule has 7 heteroatoms. The summed E-state index contributed by atoms with van der Waals surface area (Å²) in [6.07, 6.45) is -5.25. The van der Waals surface area contributed by atoms with Crippen LogP contribution in [0.3, 0.4) is 0 Å². The van der Waals surface area contributed by atoms with Gasteiger partial charge in [-0.25, -0.2) is 0 Å². The number of rotatable bonds is 0. The second-order valence-electron chi connectivity index (χ2n) is 0.512. The van der Waals surface area contributed by atoms with Crippen molar-refractivity contribution in [3.63, 3.8) is 0 Å². The number of halogens is 4. The summed E-state index contributed by atoms with van der Waals surface area (Å²) >= 11 is 0. The number of carbonyl (C=O) groups excluding carboxylic acids is 2. The van der Waals surface area contributed by atoms with Crippen LogP contribution in [0.1, 0.15) is 0 Å². The van der Waals surface area contributed by atoms with E-state index in [-0.39, 0.29) is 43.9 Å². The Bertz CT molecular complexity index is 77.1. The molecule has 0 aromatic rings. The third-order valence-electron chi connectivity index (χ3n) is 0. The predicted molar refractivity (Wildman–Crippen MR) is 12.2 cm³/mol. The molecule has 56 valence electrons. The SMILES string of the molecule is FC(F)(F)F.O=C=O.[Ar]. The van der Waals surface area contributed by atoms with Gasteiger partial charge in [0.15, 0.2) is 0 Å². The summed E-state index contributed by atoms with van der Waals surface area (Å²) in [6.45, 7) is 0. The molecule has 0 amide bonds. The monoisotopic (exact) mass is 172 g/mol. The van der Waals surface area contributed by atoms with Gasteiger partial charge in [0, 0.05) is 37.7 Å². The summed E-state index contributed by atoms with van der Waals surface area (Å²) in [5.41, 5.74) is 0. The van der Waals surface area contributed by atoms with E-state index in [1.807, 2.05) is 0 Å². The second-order valence-corrected chi connectivity index (χ2v) is 0.512. The average Bonchev–Trinajstić information content (AvgIpc) is 1.27. The maximum Gasteiger partial charge on any atom is 0.559 e. The maximum absolute atomic E-state index is 9.69. The van der Waals surface area contributed by atoms with Crippen molar-refractivity contribution in [1.82, 2.24) is 0 Å². The van der Waals surface area contributed by atoms with Gasteiger partial charge in [0.2, 0.25) is 0 Å². The Morgan fingerprint density at radius 2 is 1.00 bits per heavy atom. The Morgan fingerprint density at radius 3 is 1.00 bits per heavy atom. The minimum absolute atomic E-state index is 0. The fourth-order valence-electron chi connectivity index (χ4n) is 0. The van der Waals surface area contributed by atoms with Gasteiger partial charge < -0.3 is 0 Å². The summed E-state index contributed by atoms with van der Waals surface area (Å²) in [5.74, 6) is 0. The van der Waals surface area contributed by atoms with Gasteiger partial charge in [0.05, 0.1) is 0 Å². The first-order valence-corrected chi connectivity index (χ1v) is 1.16. The van der Waals surface area contributed by atoms with E-state index in [9.17, 15) is 17.6 Å². The van der Waals surface area contributed by atoms with Gasteiger partial charge in [-0.2, -0.15) is 9.59 Å². The van der Waals surface area contributed by atoms with Crippen LogP contribution in [0.4, 0.5) is 17.6 Å². The molecule has 0 aromatic carbocycles. The normalized spacial score (nSPS) is 7.56. The predicted octanol–water partition coefficient (Wildman–Crippen LogP) is 0.892. The zero-order valence-electron chi connectivity index (χ0n) is 3.68. The number of hydrogen-bond acceptors (Lipinski definition) is 2. The molecular weight excluding hydrogens is 172 g/mol. The smallest absolute Gasteiger partial charge is 0.186 e. The average molecular weight is 172 g/mol. The number of hydrogen-bond donors (Lipinski definition) is 0. The van der Waals surface area contributed by atoms with Gasteiger partial charge in [-0.15, -0.1) is 17.6 Å². The van der Waals surface area contributed by atoms with Crippen LogP contribution in [0.15, 0.2) is 0 Å².